The molecular formula is C20H22N2O5S. The van der Waals surface area contributed by atoms with Crippen LogP contribution in [0.2, 0.25) is 0 Å². The van der Waals surface area contributed by atoms with Crippen molar-refractivity contribution in [3.63, 3.8) is 0 Å². The minimum Gasteiger partial charge on any atom is -0.452 e. The molecule has 0 bridgehead atoms. The minimum absolute atomic E-state index is 0.0856. The molecule has 0 unspecified atom stereocenters. The van der Waals surface area contributed by atoms with Gasteiger partial charge in [-0.05, 0) is 30.9 Å². The van der Waals surface area contributed by atoms with Crippen LogP contribution in [0.5, 0.6) is 0 Å². The van der Waals surface area contributed by atoms with Crippen molar-refractivity contribution >= 4 is 34.9 Å². The third-order valence-electron chi connectivity index (χ3n) is 3.79. The SMILES string of the molecule is CCCNC(=O)[C@H](C)NC(=O)COC(=O)c1ccccc1C(=O)c1cccs1. The largest absolute Gasteiger partial charge is 0.452 e. The maximum absolute atomic E-state index is 12.6. The Labute approximate surface area is 167 Å². The summed E-state index contributed by atoms with van der Waals surface area (Å²) in [6.45, 7) is 3.43. The van der Waals surface area contributed by atoms with Gasteiger partial charge in [0.25, 0.3) is 5.91 Å². The first kappa shape index (κ1) is 21.3. The lowest BCUT2D eigenvalue weighted by atomic mass is 10.0. The third-order valence-corrected chi connectivity index (χ3v) is 4.66. The number of rotatable bonds is 9. The van der Waals surface area contributed by atoms with E-state index < -0.39 is 24.5 Å². The molecule has 2 amide bonds. The van der Waals surface area contributed by atoms with Gasteiger partial charge in [-0.1, -0.05) is 31.2 Å². The molecule has 0 radical (unpaired) electrons. The molecule has 2 N–H and O–H groups in total. The standard InChI is InChI=1S/C20H22N2O5S/c1-3-10-21-19(25)13(2)22-17(23)12-27-20(26)15-8-5-4-7-14(15)18(24)16-9-6-11-28-16/h4-9,11,13H,3,10,12H2,1-2H3,(H,21,25)(H,22,23)/t13-/m0/s1. The van der Waals surface area contributed by atoms with Crippen LogP contribution < -0.4 is 10.6 Å². The first-order chi connectivity index (χ1) is 13.4. The molecule has 0 fully saturated rings. The highest BCUT2D eigenvalue weighted by Crippen LogP contribution is 2.19. The highest BCUT2D eigenvalue weighted by atomic mass is 32.1. The Morgan fingerprint density at radius 2 is 1.79 bits per heavy atom. The summed E-state index contributed by atoms with van der Waals surface area (Å²) in [7, 11) is 0. The average molecular weight is 402 g/mol. The number of benzene rings is 1. The molecule has 1 aromatic heterocycles. The summed E-state index contributed by atoms with van der Waals surface area (Å²) in [5.41, 5.74) is 0.296. The van der Waals surface area contributed by atoms with E-state index in [0.717, 1.165) is 6.42 Å². The van der Waals surface area contributed by atoms with E-state index in [1.54, 1.807) is 42.6 Å². The molecule has 7 nitrogen and oxygen atoms in total. The van der Waals surface area contributed by atoms with Crippen molar-refractivity contribution < 1.29 is 23.9 Å². The van der Waals surface area contributed by atoms with Crippen LogP contribution in [0, 0.1) is 0 Å². The molecule has 0 aliphatic rings. The van der Waals surface area contributed by atoms with Crippen molar-refractivity contribution in [3.8, 4) is 0 Å². The van der Waals surface area contributed by atoms with Crippen molar-refractivity contribution in [2.75, 3.05) is 13.2 Å². The Balaban J connectivity index is 1.96. The Hall–Kier alpha value is -3.00. The summed E-state index contributed by atoms with van der Waals surface area (Å²) in [5.74, 6) is -1.98. The van der Waals surface area contributed by atoms with Gasteiger partial charge in [0.1, 0.15) is 6.04 Å². The number of thiophene rings is 1. The first-order valence-corrected chi connectivity index (χ1v) is 9.73. The van der Waals surface area contributed by atoms with Gasteiger partial charge in [-0.2, -0.15) is 0 Å². The fourth-order valence-electron chi connectivity index (χ4n) is 2.36. The molecule has 0 saturated carbocycles. The zero-order chi connectivity index (χ0) is 20.5. The van der Waals surface area contributed by atoms with Gasteiger partial charge >= 0.3 is 5.97 Å². The molecule has 2 rings (SSSR count). The molecule has 1 atom stereocenters. The Morgan fingerprint density at radius 3 is 2.43 bits per heavy atom. The van der Waals surface area contributed by atoms with E-state index in [2.05, 4.69) is 10.6 Å². The number of esters is 1. The van der Waals surface area contributed by atoms with Crippen LogP contribution in [-0.2, 0) is 14.3 Å². The van der Waals surface area contributed by atoms with Gasteiger partial charge in [0.05, 0.1) is 10.4 Å². The van der Waals surface area contributed by atoms with Gasteiger partial charge in [0, 0.05) is 12.1 Å². The van der Waals surface area contributed by atoms with E-state index in [9.17, 15) is 19.2 Å². The Morgan fingerprint density at radius 1 is 1.07 bits per heavy atom. The molecule has 2 aromatic rings. The molecule has 0 spiro atoms. The summed E-state index contributed by atoms with van der Waals surface area (Å²) in [5, 5.41) is 6.90. The van der Waals surface area contributed by atoms with Crippen molar-refractivity contribution in [1.82, 2.24) is 10.6 Å². The number of carbonyl (C=O) groups is 4. The van der Waals surface area contributed by atoms with Crippen LogP contribution >= 0.6 is 11.3 Å². The Kier molecular flexibility index (Phi) is 7.88. The highest BCUT2D eigenvalue weighted by Gasteiger charge is 2.21. The highest BCUT2D eigenvalue weighted by molar-refractivity contribution is 7.12. The number of ether oxygens (including phenoxy) is 1. The van der Waals surface area contributed by atoms with Gasteiger partial charge in [-0.3, -0.25) is 14.4 Å². The van der Waals surface area contributed by atoms with E-state index in [1.165, 1.54) is 17.4 Å². The molecule has 1 heterocycles. The molecule has 0 aliphatic carbocycles. The molecule has 148 valence electrons. The second-order valence-electron chi connectivity index (χ2n) is 6.01. The van der Waals surface area contributed by atoms with E-state index in [0.29, 0.717) is 11.4 Å². The summed E-state index contributed by atoms with van der Waals surface area (Å²) in [6.07, 6.45) is 0.785. The van der Waals surface area contributed by atoms with Crippen LogP contribution in [0.25, 0.3) is 0 Å². The maximum atomic E-state index is 12.6. The summed E-state index contributed by atoms with van der Waals surface area (Å²) < 4.78 is 5.03. The predicted octanol–water partition coefficient (Wildman–Crippen LogP) is 2.17. The normalized spacial score (nSPS) is 11.4. The van der Waals surface area contributed by atoms with Gasteiger partial charge in [0.15, 0.2) is 6.61 Å². The van der Waals surface area contributed by atoms with Crippen molar-refractivity contribution in [2.45, 2.75) is 26.3 Å². The lowest BCUT2D eigenvalue weighted by Gasteiger charge is -2.14. The zero-order valence-corrected chi connectivity index (χ0v) is 16.5. The first-order valence-electron chi connectivity index (χ1n) is 8.85. The molecule has 8 heteroatoms. The van der Waals surface area contributed by atoms with E-state index in [-0.39, 0.29) is 22.8 Å². The van der Waals surface area contributed by atoms with Crippen LogP contribution in [0.15, 0.2) is 41.8 Å². The molecule has 0 aliphatic heterocycles. The summed E-state index contributed by atoms with van der Waals surface area (Å²) in [4.78, 5) is 49.1. The molecule has 28 heavy (non-hydrogen) atoms. The number of hydrogen-bond acceptors (Lipinski definition) is 6. The van der Waals surface area contributed by atoms with Crippen molar-refractivity contribution in [1.29, 1.82) is 0 Å². The monoisotopic (exact) mass is 402 g/mol. The van der Waals surface area contributed by atoms with Crippen LogP contribution in [0.4, 0.5) is 0 Å². The summed E-state index contributed by atoms with van der Waals surface area (Å²) >= 11 is 1.28. The predicted molar refractivity (Wildman–Crippen MR) is 105 cm³/mol. The molecular weight excluding hydrogens is 380 g/mol. The minimum atomic E-state index is -0.779. The lowest BCUT2D eigenvalue weighted by molar-refractivity contribution is -0.130. The van der Waals surface area contributed by atoms with E-state index in [1.807, 2.05) is 6.92 Å². The number of hydrogen-bond donors (Lipinski definition) is 2. The zero-order valence-electron chi connectivity index (χ0n) is 15.7. The van der Waals surface area contributed by atoms with Crippen LogP contribution in [0.3, 0.4) is 0 Å². The second kappa shape index (κ2) is 10.4. The van der Waals surface area contributed by atoms with Crippen molar-refractivity contribution in [2.24, 2.45) is 0 Å². The van der Waals surface area contributed by atoms with Gasteiger partial charge < -0.3 is 15.4 Å². The van der Waals surface area contributed by atoms with Crippen LogP contribution in [0.1, 0.15) is 45.9 Å². The average Bonchev–Trinajstić information content (AvgIpc) is 3.24. The molecule has 1 aromatic carbocycles. The number of carbonyl (C=O) groups excluding carboxylic acids is 4. The van der Waals surface area contributed by atoms with Crippen LogP contribution in [-0.4, -0.2) is 42.8 Å². The topological polar surface area (TPSA) is 102 Å². The third kappa shape index (κ3) is 5.75. The quantitative estimate of drug-likeness (QED) is 0.494. The lowest BCUT2D eigenvalue weighted by Crippen LogP contribution is -2.46. The van der Waals surface area contributed by atoms with Gasteiger partial charge in [0.2, 0.25) is 11.7 Å². The summed E-state index contributed by atoms with van der Waals surface area (Å²) in [6, 6.07) is 8.96. The smallest absolute Gasteiger partial charge is 0.339 e. The maximum Gasteiger partial charge on any atom is 0.339 e. The number of amides is 2. The fraction of sp³-hybridized carbons (Fsp3) is 0.300. The van der Waals surface area contributed by atoms with Crippen molar-refractivity contribution in [3.05, 3.63) is 57.8 Å². The number of nitrogens with one attached hydrogen (secondary N) is 2. The van der Waals surface area contributed by atoms with E-state index in [4.69, 9.17) is 4.74 Å². The van der Waals surface area contributed by atoms with Gasteiger partial charge in [-0.25, -0.2) is 4.79 Å². The Bertz CT molecular complexity index is 848. The molecule has 0 saturated heterocycles. The van der Waals surface area contributed by atoms with E-state index >= 15 is 0 Å². The number of ketones is 1. The van der Waals surface area contributed by atoms with Gasteiger partial charge in [-0.15, -0.1) is 11.3 Å². The second-order valence-corrected chi connectivity index (χ2v) is 6.96. The fourth-order valence-corrected chi connectivity index (χ4v) is 3.04.